The van der Waals surface area contributed by atoms with Crippen molar-refractivity contribution >= 4 is 47.5 Å². The Morgan fingerprint density at radius 2 is 1.82 bits per heavy atom. The van der Waals surface area contributed by atoms with Crippen LogP contribution in [0.1, 0.15) is 12.8 Å². The number of carbonyl (C=O) groups excluding carboxylic acids is 1. The summed E-state index contributed by atoms with van der Waals surface area (Å²) in [6, 6.07) is 7.50. The van der Waals surface area contributed by atoms with Crippen LogP contribution in [0.25, 0.3) is 0 Å². The van der Waals surface area contributed by atoms with Crippen LogP contribution in [0.4, 0.5) is 11.6 Å². The average Bonchev–Trinajstić information content (AvgIpc) is 3.09. The summed E-state index contributed by atoms with van der Waals surface area (Å²) in [6.45, 7) is 4.59. The lowest BCUT2D eigenvalue weighted by molar-refractivity contribution is -0.131. The molecule has 0 spiro atoms. The van der Waals surface area contributed by atoms with Gasteiger partial charge in [-0.25, -0.2) is 9.97 Å². The van der Waals surface area contributed by atoms with Crippen molar-refractivity contribution in [1.82, 2.24) is 20.2 Å². The summed E-state index contributed by atoms with van der Waals surface area (Å²) >= 11 is 0. The zero-order chi connectivity index (χ0) is 22.2. The van der Waals surface area contributed by atoms with Crippen molar-refractivity contribution < 1.29 is 14.3 Å². The number of aliphatic imine (C=N–C) groups is 1. The number of fused-ring (bicyclic) bond motifs is 1. The van der Waals surface area contributed by atoms with Crippen molar-refractivity contribution in [3.05, 3.63) is 36.7 Å². The van der Waals surface area contributed by atoms with Gasteiger partial charge in [0.2, 0.25) is 11.9 Å². The Kier molecular flexibility index (Phi) is 9.34. The average molecular weight is 567 g/mol. The fourth-order valence-corrected chi connectivity index (χ4v) is 3.61. The molecule has 0 radical (unpaired) electrons. The quantitative estimate of drug-likeness (QED) is 0.321. The summed E-state index contributed by atoms with van der Waals surface area (Å²) in [5.74, 6) is 2.90. The van der Waals surface area contributed by atoms with Gasteiger partial charge in [0.1, 0.15) is 0 Å². The Hall–Kier alpha value is -2.83. The molecular weight excluding hydrogens is 537 g/mol. The molecule has 33 heavy (non-hydrogen) atoms. The first-order valence-electron chi connectivity index (χ1n) is 10.9. The number of ether oxygens (including phenoxy) is 2. The molecule has 0 saturated carbocycles. The second kappa shape index (κ2) is 12.4. The second-order valence-electron chi connectivity index (χ2n) is 7.50. The number of hydrogen-bond donors (Lipinski definition) is 2. The van der Waals surface area contributed by atoms with Gasteiger partial charge in [0.25, 0.3) is 0 Å². The second-order valence-corrected chi connectivity index (χ2v) is 7.50. The zero-order valence-corrected chi connectivity index (χ0v) is 21.0. The van der Waals surface area contributed by atoms with Crippen LogP contribution in [0, 0.1) is 0 Å². The van der Waals surface area contributed by atoms with Gasteiger partial charge in [-0.05, 0) is 18.2 Å². The van der Waals surface area contributed by atoms with E-state index in [0.29, 0.717) is 51.2 Å². The number of rotatable bonds is 5. The van der Waals surface area contributed by atoms with Crippen LogP contribution in [0.2, 0.25) is 0 Å². The van der Waals surface area contributed by atoms with Gasteiger partial charge in [0.15, 0.2) is 17.5 Å². The van der Waals surface area contributed by atoms with E-state index in [2.05, 4.69) is 30.5 Å². The molecule has 1 saturated heterocycles. The first kappa shape index (κ1) is 24.8. The van der Waals surface area contributed by atoms with E-state index in [1.807, 2.05) is 23.1 Å². The van der Waals surface area contributed by atoms with Crippen LogP contribution in [0.15, 0.2) is 41.7 Å². The predicted molar refractivity (Wildman–Crippen MR) is 138 cm³/mol. The normalized spacial score (nSPS) is 15.8. The van der Waals surface area contributed by atoms with E-state index in [9.17, 15) is 4.79 Å². The van der Waals surface area contributed by atoms with E-state index in [0.717, 1.165) is 36.7 Å². The number of nitrogens with one attached hydrogen (secondary N) is 2. The molecule has 10 nitrogen and oxygen atoms in total. The molecule has 1 aromatic heterocycles. The fraction of sp³-hybridized carbons (Fsp3) is 0.455. The number of carbonyl (C=O) groups is 1. The number of anilines is 2. The van der Waals surface area contributed by atoms with Gasteiger partial charge in [0, 0.05) is 76.8 Å². The summed E-state index contributed by atoms with van der Waals surface area (Å²) in [4.78, 5) is 29.4. The van der Waals surface area contributed by atoms with E-state index in [1.54, 1.807) is 25.5 Å². The number of piperazine rings is 1. The fourth-order valence-electron chi connectivity index (χ4n) is 3.61. The van der Waals surface area contributed by atoms with Gasteiger partial charge in [-0.3, -0.25) is 9.79 Å². The van der Waals surface area contributed by atoms with Crippen LogP contribution < -0.4 is 25.0 Å². The predicted octanol–water partition coefficient (Wildman–Crippen LogP) is 1.98. The third kappa shape index (κ3) is 6.83. The molecule has 178 valence electrons. The van der Waals surface area contributed by atoms with E-state index in [1.165, 1.54) is 0 Å². The minimum atomic E-state index is 0. The van der Waals surface area contributed by atoms with Crippen LogP contribution in [0.3, 0.4) is 0 Å². The van der Waals surface area contributed by atoms with Gasteiger partial charge >= 0.3 is 0 Å². The molecule has 0 bridgehead atoms. The lowest BCUT2D eigenvalue weighted by Gasteiger charge is -2.34. The molecule has 2 aliphatic rings. The minimum absolute atomic E-state index is 0. The highest BCUT2D eigenvalue weighted by atomic mass is 127. The van der Waals surface area contributed by atoms with Gasteiger partial charge < -0.3 is 29.9 Å². The molecule has 2 aromatic rings. The van der Waals surface area contributed by atoms with Crippen LogP contribution in [-0.4, -0.2) is 79.7 Å². The standard InChI is InChI=1S/C22H29N7O3.HI/c1-23-21(27-17-4-5-18-19(16-17)32-15-3-14-31-18)24-9-6-20(30)28-10-12-29(13-11-28)22-25-7-2-8-26-22;/h2,4-5,7-8,16H,3,6,9-15H2,1H3,(H2,23,24,27);1H. The number of aromatic nitrogens is 2. The van der Waals surface area contributed by atoms with Crippen molar-refractivity contribution in [3.63, 3.8) is 0 Å². The lowest BCUT2D eigenvalue weighted by Crippen LogP contribution is -2.49. The van der Waals surface area contributed by atoms with Gasteiger partial charge in [-0.2, -0.15) is 0 Å². The Balaban J connectivity index is 0.00000306. The third-order valence-corrected chi connectivity index (χ3v) is 5.33. The summed E-state index contributed by atoms with van der Waals surface area (Å²) in [6.07, 6.45) is 4.73. The van der Waals surface area contributed by atoms with Crippen molar-refractivity contribution in [2.45, 2.75) is 12.8 Å². The number of benzene rings is 1. The maximum Gasteiger partial charge on any atom is 0.225 e. The van der Waals surface area contributed by atoms with Crippen LogP contribution in [-0.2, 0) is 4.79 Å². The monoisotopic (exact) mass is 567 g/mol. The molecule has 1 amide bonds. The molecule has 2 aliphatic heterocycles. The number of hydrogen-bond acceptors (Lipinski definition) is 7. The topological polar surface area (TPSA) is 104 Å². The molecule has 0 aliphatic carbocycles. The summed E-state index contributed by atoms with van der Waals surface area (Å²) < 4.78 is 11.4. The van der Waals surface area contributed by atoms with Gasteiger partial charge in [-0.15, -0.1) is 24.0 Å². The van der Waals surface area contributed by atoms with Crippen LogP contribution >= 0.6 is 24.0 Å². The highest BCUT2D eigenvalue weighted by Gasteiger charge is 2.22. The highest BCUT2D eigenvalue weighted by molar-refractivity contribution is 14.0. The molecule has 4 rings (SSSR count). The van der Waals surface area contributed by atoms with E-state index in [-0.39, 0.29) is 29.9 Å². The minimum Gasteiger partial charge on any atom is -0.490 e. The maximum absolute atomic E-state index is 12.6. The van der Waals surface area contributed by atoms with Crippen molar-refractivity contribution in [1.29, 1.82) is 0 Å². The molecule has 0 atom stereocenters. The maximum atomic E-state index is 12.6. The Morgan fingerprint density at radius 1 is 1.09 bits per heavy atom. The summed E-state index contributed by atoms with van der Waals surface area (Å²) in [5, 5.41) is 6.44. The van der Waals surface area contributed by atoms with Crippen molar-refractivity contribution in [2.24, 2.45) is 4.99 Å². The van der Waals surface area contributed by atoms with Crippen molar-refractivity contribution in [3.8, 4) is 11.5 Å². The molecule has 1 aromatic carbocycles. The summed E-state index contributed by atoms with van der Waals surface area (Å²) in [5.41, 5.74) is 0.841. The van der Waals surface area contributed by atoms with Gasteiger partial charge in [-0.1, -0.05) is 0 Å². The smallest absolute Gasteiger partial charge is 0.225 e. The molecule has 11 heteroatoms. The third-order valence-electron chi connectivity index (χ3n) is 5.33. The largest absolute Gasteiger partial charge is 0.490 e. The summed E-state index contributed by atoms with van der Waals surface area (Å²) in [7, 11) is 1.70. The SMILES string of the molecule is CN=C(NCCC(=O)N1CCN(c2ncccn2)CC1)Nc1ccc2c(c1)OCCCO2.I. The Morgan fingerprint density at radius 3 is 2.55 bits per heavy atom. The van der Waals surface area contributed by atoms with E-state index >= 15 is 0 Å². The van der Waals surface area contributed by atoms with Gasteiger partial charge in [0.05, 0.1) is 13.2 Å². The van der Waals surface area contributed by atoms with E-state index < -0.39 is 0 Å². The molecule has 1 fully saturated rings. The first-order valence-corrected chi connectivity index (χ1v) is 10.9. The lowest BCUT2D eigenvalue weighted by atomic mass is 10.2. The number of nitrogens with zero attached hydrogens (tertiary/aromatic N) is 5. The van der Waals surface area contributed by atoms with Crippen molar-refractivity contribution in [2.75, 3.05) is 63.2 Å². The number of halogens is 1. The molecular formula is C22H30IN7O3. The molecule has 0 unspecified atom stereocenters. The first-order chi connectivity index (χ1) is 15.7. The molecule has 3 heterocycles. The Labute approximate surface area is 210 Å². The van der Waals surface area contributed by atoms with E-state index in [4.69, 9.17) is 9.47 Å². The molecule has 2 N–H and O–H groups in total. The van der Waals surface area contributed by atoms with Crippen LogP contribution in [0.5, 0.6) is 11.5 Å². The number of guanidine groups is 1. The highest BCUT2D eigenvalue weighted by Crippen LogP contribution is 2.32. The zero-order valence-electron chi connectivity index (χ0n) is 18.7. The number of amides is 1. The Bertz CT molecular complexity index is 937.